The molecule has 1 aliphatic rings. The average Bonchev–Trinajstić information content (AvgIpc) is 3.22. The first-order chi connectivity index (χ1) is 15.2. The number of benzene rings is 1. The number of piperazine rings is 1. The molecule has 3 aromatic heterocycles. The monoisotopic (exact) mass is 419 g/mol. The number of methoxy groups -OCH3 is 1. The molecule has 1 N–H and O–H groups in total. The van der Waals surface area contributed by atoms with Crippen molar-refractivity contribution in [2.75, 3.05) is 51.4 Å². The summed E-state index contributed by atoms with van der Waals surface area (Å²) in [5, 5.41) is 12.2. The van der Waals surface area contributed by atoms with Crippen molar-refractivity contribution >= 4 is 22.2 Å². The number of fused-ring (bicyclic) bond motifs is 2. The van der Waals surface area contributed by atoms with Gasteiger partial charge in [-0.2, -0.15) is 5.06 Å². The fraction of sp³-hybridized carbons (Fsp3) is 0.304. The number of anilines is 1. The molecule has 0 atom stereocenters. The van der Waals surface area contributed by atoms with Gasteiger partial charge in [0.25, 0.3) is 0 Å². The normalized spacial score (nSPS) is 15.1. The average molecular weight is 419 g/mol. The molecule has 1 aromatic carbocycles. The van der Waals surface area contributed by atoms with Crippen LogP contribution in [0.25, 0.3) is 27.9 Å². The van der Waals surface area contributed by atoms with Gasteiger partial charge in [-0.15, -0.1) is 0 Å². The number of para-hydroxylation sites is 1. The Bertz CT molecular complexity index is 1200. The smallest absolute Gasteiger partial charge is 0.140 e. The summed E-state index contributed by atoms with van der Waals surface area (Å²) in [6.07, 6.45) is 3.80. The van der Waals surface area contributed by atoms with Crippen molar-refractivity contribution in [3.8, 4) is 17.1 Å². The number of ether oxygens (including phenoxy) is 2. The van der Waals surface area contributed by atoms with E-state index in [1.54, 1.807) is 7.11 Å². The molecule has 4 aromatic rings. The highest BCUT2D eigenvalue weighted by molar-refractivity contribution is 5.92. The molecule has 1 fully saturated rings. The van der Waals surface area contributed by atoms with Gasteiger partial charge in [0.05, 0.1) is 35.4 Å². The van der Waals surface area contributed by atoms with E-state index in [0.717, 1.165) is 52.5 Å². The maximum Gasteiger partial charge on any atom is 0.140 e. The number of nitrogens with zero attached hydrogens (tertiary/aromatic N) is 5. The molecule has 0 bridgehead atoms. The Morgan fingerprint density at radius 1 is 1.03 bits per heavy atom. The van der Waals surface area contributed by atoms with Crippen LogP contribution < -0.4 is 9.64 Å². The third-order valence-electron chi connectivity index (χ3n) is 5.60. The summed E-state index contributed by atoms with van der Waals surface area (Å²) >= 11 is 0. The molecule has 0 spiro atoms. The van der Waals surface area contributed by atoms with Crippen LogP contribution in [0, 0.1) is 0 Å². The molecule has 160 valence electrons. The molecule has 5 rings (SSSR count). The molecule has 8 heteroatoms. The highest BCUT2D eigenvalue weighted by atomic mass is 16.5. The van der Waals surface area contributed by atoms with E-state index >= 15 is 0 Å². The fourth-order valence-corrected chi connectivity index (χ4v) is 3.95. The Hall–Kier alpha value is -3.20. The van der Waals surface area contributed by atoms with Crippen molar-refractivity contribution in [3.63, 3.8) is 0 Å². The van der Waals surface area contributed by atoms with E-state index in [9.17, 15) is 5.21 Å². The lowest BCUT2D eigenvalue weighted by atomic mass is 10.1. The van der Waals surface area contributed by atoms with E-state index < -0.39 is 0 Å². The molecule has 8 nitrogen and oxygen atoms in total. The van der Waals surface area contributed by atoms with Gasteiger partial charge in [0.1, 0.15) is 18.0 Å². The zero-order valence-corrected chi connectivity index (χ0v) is 17.4. The number of hydroxylamine groups is 2. The van der Waals surface area contributed by atoms with Crippen LogP contribution in [0.4, 0.5) is 5.69 Å². The molecule has 4 heterocycles. The van der Waals surface area contributed by atoms with Crippen LogP contribution in [0.2, 0.25) is 0 Å². The molecular weight excluding hydrogens is 394 g/mol. The highest BCUT2D eigenvalue weighted by Crippen LogP contribution is 2.29. The predicted octanol–water partition coefficient (Wildman–Crippen LogP) is 3.09. The quantitative estimate of drug-likeness (QED) is 0.481. The largest absolute Gasteiger partial charge is 0.491 e. The predicted molar refractivity (Wildman–Crippen MR) is 119 cm³/mol. The summed E-state index contributed by atoms with van der Waals surface area (Å²) in [6, 6.07) is 14.2. The summed E-state index contributed by atoms with van der Waals surface area (Å²) in [7, 11) is 1.65. The van der Waals surface area contributed by atoms with Crippen LogP contribution in [0.3, 0.4) is 0 Å². The molecule has 0 unspecified atom stereocenters. The van der Waals surface area contributed by atoms with Gasteiger partial charge in [0, 0.05) is 50.9 Å². The Balaban J connectivity index is 1.50. The van der Waals surface area contributed by atoms with Crippen molar-refractivity contribution in [1.29, 1.82) is 0 Å². The van der Waals surface area contributed by atoms with Gasteiger partial charge in [-0.25, -0.2) is 9.97 Å². The van der Waals surface area contributed by atoms with Crippen LogP contribution in [0.1, 0.15) is 0 Å². The first-order valence-electron chi connectivity index (χ1n) is 10.4. The van der Waals surface area contributed by atoms with E-state index in [0.29, 0.717) is 26.3 Å². The minimum Gasteiger partial charge on any atom is -0.491 e. The number of hydrogen-bond donors (Lipinski definition) is 1. The summed E-state index contributed by atoms with van der Waals surface area (Å²) in [4.78, 5) is 11.9. The third kappa shape index (κ3) is 3.93. The first kappa shape index (κ1) is 19.7. The van der Waals surface area contributed by atoms with Crippen LogP contribution in [-0.4, -0.2) is 71.1 Å². The molecule has 1 aliphatic heterocycles. The number of rotatable bonds is 6. The molecule has 1 saturated heterocycles. The molecule has 0 radical (unpaired) electrons. The van der Waals surface area contributed by atoms with Crippen molar-refractivity contribution in [2.24, 2.45) is 0 Å². The maximum absolute atomic E-state index is 9.70. The molecule has 31 heavy (non-hydrogen) atoms. The Kier molecular flexibility index (Phi) is 5.42. The first-order valence-corrected chi connectivity index (χ1v) is 10.4. The fourth-order valence-electron chi connectivity index (χ4n) is 3.95. The van der Waals surface area contributed by atoms with E-state index in [1.807, 2.05) is 35.0 Å². The lowest BCUT2D eigenvalue weighted by molar-refractivity contribution is -0.0935. The van der Waals surface area contributed by atoms with Gasteiger partial charge >= 0.3 is 0 Å². The lowest BCUT2D eigenvalue weighted by Gasteiger charge is -2.33. The number of hydrogen-bond acceptors (Lipinski definition) is 7. The SMILES string of the molecule is COCCOc1ccn2c(-c3ccc4cccc(N5CCN(O)CC5)c4n3)cnc2c1. The van der Waals surface area contributed by atoms with E-state index in [-0.39, 0.29) is 0 Å². The summed E-state index contributed by atoms with van der Waals surface area (Å²) in [5.41, 5.74) is 4.65. The summed E-state index contributed by atoms with van der Waals surface area (Å²) in [6.45, 7) is 3.82. The highest BCUT2D eigenvalue weighted by Gasteiger charge is 2.18. The lowest BCUT2D eigenvalue weighted by Crippen LogP contribution is -2.44. The van der Waals surface area contributed by atoms with Crippen LogP contribution in [0.5, 0.6) is 5.75 Å². The molecule has 0 saturated carbocycles. The second kappa shape index (κ2) is 8.50. The van der Waals surface area contributed by atoms with Gasteiger partial charge in [0.15, 0.2) is 0 Å². The van der Waals surface area contributed by atoms with Crippen molar-refractivity contribution in [1.82, 2.24) is 19.4 Å². The van der Waals surface area contributed by atoms with Gasteiger partial charge in [-0.1, -0.05) is 18.2 Å². The van der Waals surface area contributed by atoms with E-state index in [2.05, 4.69) is 34.1 Å². The number of imidazole rings is 1. The zero-order valence-electron chi connectivity index (χ0n) is 17.4. The van der Waals surface area contributed by atoms with E-state index in [1.165, 1.54) is 5.06 Å². The van der Waals surface area contributed by atoms with Gasteiger partial charge in [0.2, 0.25) is 0 Å². The standard InChI is InChI=1S/C23H25N5O3/c1-30-13-14-31-18-7-8-28-21(16-24-22(28)15-18)19-6-5-17-3-2-4-20(23(17)25-19)26-9-11-27(29)12-10-26/h2-8,15-16,29H,9-14H2,1H3. The molecular formula is C23H25N5O3. The zero-order chi connectivity index (χ0) is 21.2. The second-order valence-corrected chi connectivity index (χ2v) is 7.56. The molecule has 0 amide bonds. The third-order valence-corrected chi connectivity index (χ3v) is 5.60. The van der Waals surface area contributed by atoms with Crippen molar-refractivity contribution in [2.45, 2.75) is 0 Å². The van der Waals surface area contributed by atoms with Gasteiger partial charge in [-0.3, -0.25) is 4.40 Å². The molecule has 0 aliphatic carbocycles. The van der Waals surface area contributed by atoms with Gasteiger partial charge < -0.3 is 19.6 Å². The minimum absolute atomic E-state index is 0.500. The topological polar surface area (TPSA) is 75.4 Å². The van der Waals surface area contributed by atoms with Crippen molar-refractivity contribution < 1.29 is 14.7 Å². The minimum atomic E-state index is 0.500. The Labute approximate surface area is 180 Å². The maximum atomic E-state index is 9.70. The Morgan fingerprint density at radius 2 is 1.90 bits per heavy atom. The summed E-state index contributed by atoms with van der Waals surface area (Å²) < 4.78 is 12.7. The number of aromatic nitrogens is 3. The second-order valence-electron chi connectivity index (χ2n) is 7.56. The number of pyridine rings is 2. The van der Waals surface area contributed by atoms with Crippen LogP contribution in [-0.2, 0) is 4.74 Å². The van der Waals surface area contributed by atoms with Crippen molar-refractivity contribution in [3.05, 3.63) is 54.9 Å². The Morgan fingerprint density at radius 3 is 2.74 bits per heavy atom. The van der Waals surface area contributed by atoms with E-state index in [4.69, 9.17) is 14.5 Å². The van der Waals surface area contributed by atoms with Crippen LogP contribution >= 0.6 is 0 Å². The van der Waals surface area contributed by atoms with Gasteiger partial charge in [-0.05, 0) is 18.2 Å². The van der Waals surface area contributed by atoms with Crippen LogP contribution in [0.15, 0.2) is 54.9 Å². The summed E-state index contributed by atoms with van der Waals surface area (Å²) in [5.74, 6) is 0.762.